The first-order valence-electron chi connectivity index (χ1n) is 10.6. The van der Waals surface area contributed by atoms with E-state index in [0.29, 0.717) is 31.0 Å². The molecular weight excluding hydrogens is 404 g/mol. The van der Waals surface area contributed by atoms with Gasteiger partial charge in [0.05, 0.1) is 35.6 Å². The average Bonchev–Trinajstić information content (AvgIpc) is 3.45. The van der Waals surface area contributed by atoms with Crippen molar-refractivity contribution < 1.29 is 9.53 Å². The van der Waals surface area contributed by atoms with E-state index in [4.69, 9.17) is 16.1 Å². The SMILES string of the molecule is C#CC(=O)N1CCN(c2ccc(-c3cc(OCC)cn4ncc(C#N)c34)cn2)CC12CC2. The number of aromatic nitrogens is 3. The number of ether oxygens (including phenoxy) is 1. The maximum Gasteiger partial charge on any atom is 0.298 e. The van der Waals surface area contributed by atoms with Gasteiger partial charge in [-0.1, -0.05) is 0 Å². The molecule has 0 bridgehead atoms. The summed E-state index contributed by atoms with van der Waals surface area (Å²) in [6, 6.07) is 8.11. The Morgan fingerprint density at radius 1 is 1.31 bits per heavy atom. The van der Waals surface area contributed by atoms with Crippen LogP contribution in [0.1, 0.15) is 25.3 Å². The van der Waals surface area contributed by atoms with Gasteiger partial charge in [-0.05, 0) is 43.9 Å². The van der Waals surface area contributed by atoms with Crippen LogP contribution in [-0.4, -0.2) is 57.2 Å². The van der Waals surface area contributed by atoms with Crippen LogP contribution in [0.5, 0.6) is 5.75 Å². The molecule has 0 atom stereocenters. The van der Waals surface area contributed by atoms with Gasteiger partial charge in [0.2, 0.25) is 0 Å². The second-order valence-corrected chi connectivity index (χ2v) is 8.14. The summed E-state index contributed by atoms with van der Waals surface area (Å²) in [7, 11) is 0. The van der Waals surface area contributed by atoms with Crippen LogP contribution >= 0.6 is 0 Å². The lowest BCUT2D eigenvalue weighted by Crippen LogP contribution is -2.57. The number of piperazine rings is 1. The molecule has 2 fully saturated rings. The molecule has 8 heteroatoms. The molecule has 1 aliphatic carbocycles. The minimum atomic E-state index is -0.224. The number of nitriles is 1. The van der Waals surface area contributed by atoms with Crippen molar-refractivity contribution in [3.05, 3.63) is 42.4 Å². The molecular formula is C24H22N6O2. The number of pyridine rings is 2. The minimum absolute atomic E-state index is 0.153. The van der Waals surface area contributed by atoms with Crippen molar-refractivity contribution >= 4 is 17.2 Å². The third-order valence-electron chi connectivity index (χ3n) is 6.25. The molecule has 1 spiro atoms. The zero-order valence-electron chi connectivity index (χ0n) is 17.8. The highest BCUT2D eigenvalue weighted by atomic mass is 16.5. The summed E-state index contributed by atoms with van der Waals surface area (Å²) in [4.78, 5) is 20.9. The van der Waals surface area contributed by atoms with E-state index in [9.17, 15) is 10.1 Å². The van der Waals surface area contributed by atoms with Gasteiger partial charge < -0.3 is 14.5 Å². The smallest absolute Gasteiger partial charge is 0.298 e. The summed E-state index contributed by atoms with van der Waals surface area (Å²) in [5.74, 6) is 3.57. The number of amides is 1. The Bertz CT molecular complexity index is 1280. The van der Waals surface area contributed by atoms with Crippen molar-refractivity contribution in [2.45, 2.75) is 25.3 Å². The van der Waals surface area contributed by atoms with E-state index in [1.54, 1.807) is 16.9 Å². The lowest BCUT2D eigenvalue weighted by atomic mass is 10.0. The maximum absolute atomic E-state index is 12.1. The molecule has 8 nitrogen and oxygen atoms in total. The highest BCUT2D eigenvalue weighted by molar-refractivity contribution is 5.94. The van der Waals surface area contributed by atoms with Gasteiger partial charge in [-0.25, -0.2) is 9.50 Å². The lowest BCUT2D eigenvalue weighted by molar-refractivity contribution is -0.128. The molecule has 3 aromatic heterocycles. The van der Waals surface area contributed by atoms with Crippen molar-refractivity contribution in [3.63, 3.8) is 0 Å². The molecule has 0 unspecified atom stereocenters. The van der Waals surface area contributed by atoms with Crippen LogP contribution in [0.2, 0.25) is 0 Å². The quantitative estimate of drug-likeness (QED) is 0.596. The Hall–Kier alpha value is -4.04. The van der Waals surface area contributed by atoms with Gasteiger partial charge in [-0.15, -0.1) is 6.42 Å². The highest BCUT2D eigenvalue weighted by Gasteiger charge is 2.53. The second-order valence-electron chi connectivity index (χ2n) is 8.14. The number of rotatable bonds is 4. The summed E-state index contributed by atoms with van der Waals surface area (Å²) >= 11 is 0. The molecule has 0 aromatic carbocycles. The second kappa shape index (κ2) is 7.58. The van der Waals surface area contributed by atoms with Crippen LogP contribution in [0.3, 0.4) is 0 Å². The number of nitrogens with zero attached hydrogens (tertiary/aromatic N) is 6. The van der Waals surface area contributed by atoms with Crippen molar-refractivity contribution in [2.24, 2.45) is 0 Å². The number of hydrogen-bond acceptors (Lipinski definition) is 6. The predicted molar refractivity (Wildman–Crippen MR) is 119 cm³/mol. The number of fused-ring (bicyclic) bond motifs is 1. The van der Waals surface area contributed by atoms with Crippen LogP contribution in [0.4, 0.5) is 5.82 Å². The van der Waals surface area contributed by atoms with Crippen LogP contribution in [-0.2, 0) is 4.79 Å². The monoisotopic (exact) mass is 426 g/mol. The van der Waals surface area contributed by atoms with E-state index in [1.165, 1.54) is 0 Å². The molecule has 0 N–H and O–H groups in total. The number of anilines is 1. The summed E-state index contributed by atoms with van der Waals surface area (Å²) in [5, 5.41) is 13.8. The van der Waals surface area contributed by atoms with E-state index >= 15 is 0 Å². The van der Waals surface area contributed by atoms with E-state index in [2.05, 4.69) is 22.0 Å². The normalized spacial score (nSPS) is 16.6. The Morgan fingerprint density at radius 3 is 2.81 bits per heavy atom. The van der Waals surface area contributed by atoms with Crippen molar-refractivity contribution in [1.29, 1.82) is 5.26 Å². The molecule has 160 valence electrons. The van der Waals surface area contributed by atoms with Gasteiger partial charge in [-0.3, -0.25) is 4.79 Å². The number of terminal acetylenes is 1. The summed E-state index contributed by atoms with van der Waals surface area (Å²) < 4.78 is 7.36. The van der Waals surface area contributed by atoms with Crippen LogP contribution in [0, 0.1) is 23.7 Å². The molecule has 3 aromatic rings. The highest BCUT2D eigenvalue weighted by Crippen LogP contribution is 2.45. The largest absolute Gasteiger partial charge is 0.492 e. The Kier molecular flexibility index (Phi) is 4.71. The third kappa shape index (κ3) is 3.21. The average molecular weight is 426 g/mol. The van der Waals surface area contributed by atoms with Gasteiger partial charge in [0.1, 0.15) is 17.6 Å². The number of carbonyl (C=O) groups excluding carboxylic acids is 1. The minimum Gasteiger partial charge on any atom is -0.492 e. The van der Waals surface area contributed by atoms with Crippen molar-refractivity contribution in [1.82, 2.24) is 19.5 Å². The maximum atomic E-state index is 12.1. The van der Waals surface area contributed by atoms with E-state index in [0.717, 1.165) is 41.8 Å². The van der Waals surface area contributed by atoms with Crippen LogP contribution in [0.15, 0.2) is 36.8 Å². The first-order chi connectivity index (χ1) is 15.6. The van der Waals surface area contributed by atoms with E-state index in [-0.39, 0.29) is 11.4 Å². The van der Waals surface area contributed by atoms with E-state index < -0.39 is 0 Å². The first kappa shape index (κ1) is 19.9. The number of carbonyl (C=O) groups is 1. The van der Waals surface area contributed by atoms with Crippen molar-refractivity contribution in [3.8, 4) is 35.3 Å². The van der Waals surface area contributed by atoms with Crippen molar-refractivity contribution in [2.75, 3.05) is 31.1 Å². The predicted octanol–water partition coefficient (Wildman–Crippen LogP) is 2.48. The van der Waals surface area contributed by atoms with E-state index in [1.807, 2.05) is 36.2 Å². The molecule has 1 amide bonds. The standard InChI is InChI=1S/C24H22N6O2/c1-3-22(31)29-10-9-28(16-24(29)7-8-24)21-6-5-17(13-26-21)20-11-19(32-4-2)15-30-23(20)18(12-25)14-27-30/h1,5-6,11,13-15H,4,7-10,16H2,2H3. The Morgan fingerprint density at radius 2 is 2.16 bits per heavy atom. The third-order valence-corrected chi connectivity index (χ3v) is 6.25. The molecule has 1 aliphatic heterocycles. The van der Waals surface area contributed by atoms with Gasteiger partial charge in [0.15, 0.2) is 0 Å². The van der Waals surface area contributed by atoms with Crippen LogP contribution in [0.25, 0.3) is 16.6 Å². The zero-order chi connectivity index (χ0) is 22.3. The summed E-state index contributed by atoms with van der Waals surface area (Å²) in [6.07, 6.45) is 12.4. The fourth-order valence-corrected chi connectivity index (χ4v) is 4.52. The molecule has 1 saturated carbocycles. The Balaban J connectivity index is 1.46. The topological polar surface area (TPSA) is 86.8 Å². The van der Waals surface area contributed by atoms with Gasteiger partial charge in [0.25, 0.3) is 5.91 Å². The lowest BCUT2D eigenvalue weighted by Gasteiger charge is -2.41. The zero-order valence-corrected chi connectivity index (χ0v) is 17.8. The molecule has 4 heterocycles. The summed E-state index contributed by atoms with van der Waals surface area (Å²) in [5.41, 5.74) is 2.78. The summed E-state index contributed by atoms with van der Waals surface area (Å²) in [6.45, 7) is 4.48. The van der Waals surface area contributed by atoms with Gasteiger partial charge in [-0.2, -0.15) is 10.4 Å². The number of hydrogen-bond donors (Lipinski definition) is 0. The molecule has 2 aliphatic rings. The molecule has 1 saturated heterocycles. The molecule has 32 heavy (non-hydrogen) atoms. The van der Waals surface area contributed by atoms with Crippen LogP contribution < -0.4 is 9.64 Å². The fraction of sp³-hybridized carbons (Fsp3) is 0.333. The van der Waals surface area contributed by atoms with Gasteiger partial charge in [0, 0.05) is 37.0 Å². The fourth-order valence-electron chi connectivity index (χ4n) is 4.52. The Labute approximate surface area is 186 Å². The molecule has 0 radical (unpaired) electrons. The molecule has 5 rings (SSSR count). The first-order valence-corrected chi connectivity index (χ1v) is 10.6. The van der Waals surface area contributed by atoms with Gasteiger partial charge >= 0.3 is 0 Å².